The Morgan fingerprint density at radius 1 is 1.10 bits per heavy atom. The van der Waals surface area contributed by atoms with Crippen LogP contribution < -0.4 is 5.32 Å². The van der Waals surface area contributed by atoms with E-state index in [0.29, 0.717) is 0 Å². The van der Waals surface area contributed by atoms with E-state index in [4.69, 9.17) is 0 Å². The van der Waals surface area contributed by atoms with Gasteiger partial charge in [0, 0.05) is 0 Å². The number of carboxylic acid groups (broad SMARTS) is 1. The number of carbonyl (C=O) groups excluding carboxylic acids is 1. The highest BCUT2D eigenvalue weighted by Gasteiger charge is 2.52. The van der Waals surface area contributed by atoms with Crippen LogP contribution in [0.5, 0.6) is 0 Å². The fourth-order valence-corrected chi connectivity index (χ4v) is 3.06. The molecule has 4 atom stereocenters. The number of hydrogen-bond acceptors (Lipinski definition) is 3. The maximum Gasteiger partial charge on any atom is 0.307 e. The summed E-state index contributed by atoms with van der Waals surface area (Å²) in [4.78, 5) is 23.9. The molecule has 0 radical (unpaired) electrons. The molecule has 0 spiro atoms. The third-order valence-electron chi connectivity index (χ3n) is 5.01. The first-order chi connectivity index (χ1) is 9.04. The average molecular weight is 281 g/mol. The zero-order chi connectivity index (χ0) is 15.3. The largest absolute Gasteiger partial charge is 0.481 e. The van der Waals surface area contributed by atoms with Gasteiger partial charge in [-0.1, -0.05) is 12.2 Å². The molecule has 3 N–H and O–H groups in total. The van der Waals surface area contributed by atoms with Crippen LogP contribution >= 0.6 is 0 Å². The van der Waals surface area contributed by atoms with Crippen LogP contribution in [0.2, 0.25) is 0 Å². The predicted molar refractivity (Wildman–Crippen MR) is 73.9 cm³/mol. The Morgan fingerprint density at radius 3 is 2.05 bits per heavy atom. The van der Waals surface area contributed by atoms with Crippen LogP contribution in [0, 0.1) is 23.7 Å². The molecule has 0 saturated heterocycles. The van der Waals surface area contributed by atoms with Crippen LogP contribution in [0.4, 0.5) is 0 Å². The van der Waals surface area contributed by atoms with E-state index in [1.165, 1.54) is 0 Å². The Balaban J connectivity index is 2.17. The van der Waals surface area contributed by atoms with Gasteiger partial charge < -0.3 is 15.5 Å². The Morgan fingerprint density at radius 2 is 1.60 bits per heavy atom. The van der Waals surface area contributed by atoms with Crippen LogP contribution in [-0.4, -0.2) is 33.2 Å². The number of carbonyl (C=O) groups is 2. The smallest absolute Gasteiger partial charge is 0.307 e. The van der Waals surface area contributed by atoms with Crippen LogP contribution in [-0.2, 0) is 9.59 Å². The molecule has 112 valence electrons. The minimum absolute atomic E-state index is 0.00120. The second-order valence-corrected chi connectivity index (χ2v) is 7.01. The highest BCUT2D eigenvalue weighted by Crippen LogP contribution is 2.48. The molecule has 1 saturated carbocycles. The van der Waals surface area contributed by atoms with Gasteiger partial charge in [-0.15, -0.1) is 0 Å². The molecule has 1 fully saturated rings. The second kappa shape index (κ2) is 4.58. The van der Waals surface area contributed by atoms with Crippen LogP contribution in [0.15, 0.2) is 12.2 Å². The van der Waals surface area contributed by atoms with Crippen molar-refractivity contribution in [2.75, 3.05) is 0 Å². The number of allylic oxidation sites excluding steroid dienone is 2. The van der Waals surface area contributed by atoms with E-state index in [0.717, 1.165) is 6.42 Å². The lowest BCUT2D eigenvalue weighted by atomic mass is 9.80. The van der Waals surface area contributed by atoms with E-state index in [2.05, 4.69) is 5.32 Å². The van der Waals surface area contributed by atoms with Gasteiger partial charge in [-0.05, 0) is 46.0 Å². The Kier molecular flexibility index (Phi) is 3.45. The van der Waals surface area contributed by atoms with Crippen molar-refractivity contribution in [1.29, 1.82) is 0 Å². The molecule has 0 aromatic rings. The molecule has 0 aliphatic heterocycles. The van der Waals surface area contributed by atoms with E-state index in [-0.39, 0.29) is 17.7 Å². The van der Waals surface area contributed by atoms with Gasteiger partial charge in [-0.2, -0.15) is 0 Å². The first kappa shape index (κ1) is 15.0. The summed E-state index contributed by atoms with van der Waals surface area (Å²) in [5.41, 5.74) is -1.91. The lowest BCUT2D eigenvalue weighted by Crippen LogP contribution is -2.59. The lowest BCUT2D eigenvalue weighted by molar-refractivity contribution is -0.148. The van der Waals surface area contributed by atoms with Gasteiger partial charge in [0.05, 0.1) is 23.0 Å². The molecule has 0 aromatic heterocycles. The van der Waals surface area contributed by atoms with Gasteiger partial charge in [0.1, 0.15) is 0 Å². The number of aliphatic carboxylic acids is 1. The summed E-state index contributed by atoms with van der Waals surface area (Å²) in [5, 5.41) is 22.3. The third kappa shape index (κ3) is 2.35. The molecule has 2 bridgehead atoms. The topological polar surface area (TPSA) is 86.6 Å². The predicted octanol–water partition coefficient (Wildman–Crippen LogP) is 1.17. The molecule has 2 rings (SSSR count). The summed E-state index contributed by atoms with van der Waals surface area (Å²) in [5.74, 6) is -2.42. The Labute approximate surface area is 119 Å². The number of nitrogens with one attached hydrogen (secondary N) is 1. The number of fused-ring (bicyclic) bond motifs is 2. The Bertz CT molecular complexity index is 461. The minimum Gasteiger partial charge on any atom is -0.481 e. The number of amides is 1. The van der Waals surface area contributed by atoms with Crippen molar-refractivity contribution in [3.05, 3.63) is 12.2 Å². The summed E-state index contributed by atoms with van der Waals surface area (Å²) >= 11 is 0. The number of rotatable bonds is 4. The summed E-state index contributed by atoms with van der Waals surface area (Å²) in [7, 11) is 0. The highest BCUT2D eigenvalue weighted by molar-refractivity contribution is 5.87. The van der Waals surface area contributed by atoms with E-state index in [9.17, 15) is 19.8 Å². The van der Waals surface area contributed by atoms with Crippen molar-refractivity contribution < 1.29 is 19.8 Å². The van der Waals surface area contributed by atoms with E-state index < -0.39 is 28.9 Å². The van der Waals surface area contributed by atoms with Gasteiger partial charge in [-0.3, -0.25) is 9.59 Å². The summed E-state index contributed by atoms with van der Waals surface area (Å²) in [6, 6.07) is 0. The fourth-order valence-electron chi connectivity index (χ4n) is 3.06. The van der Waals surface area contributed by atoms with Gasteiger partial charge in [0.2, 0.25) is 5.91 Å². The molecular weight excluding hydrogens is 258 g/mol. The minimum atomic E-state index is -1.09. The molecule has 0 heterocycles. The van der Waals surface area contributed by atoms with Gasteiger partial charge in [0.15, 0.2) is 0 Å². The molecule has 1 amide bonds. The van der Waals surface area contributed by atoms with Crippen molar-refractivity contribution in [3.63, 3.8) is 0 Å². The maximum absolute atomic E-state index is 12.5. The van der Waals surface area contributed by atoms with Crippen LogP contribution in [0.1, 0.15) is 34.1 Å². The molecule has 2 unspecified atom stereocenters. The molecule has 5 heteroatoms. The normalized spacial score (nSPS) is 32.5. The number of carboxylic acids is 1. The van der Waals surface area contributed by atoms with Crippen molar-refractivity contribution >= 4 is 11.9 Å². The molecule has 5 nitrogen and oxygen atoms in total. The van der Waals surface area contributed by atoms with Gasteiger partial charge in [0.25, 0.3) is 0 Å². The van der Waals surface area contributed by atoms with Gasteiger partial charge in [-0.25, -0.2) is 0 Å². The zero-order valence-electron chi connectivity index (χ0n) is 12.4. The van der Waals surface area contributed by atoms with Crippen molar-refractivity contribution in [3.8, 4) is 0 Å². The van der Waals surface area contributed by atoms with Gasteiger partial charge >= 0.3 is 5.97 Å². The standard InChI is InChI=1S/C15H23NO4/c1-14(2,15(3,4)20)16-12(17)10-8-5-6-9(7-8)11(10)13(18)19/h5-6,8-11,20H,7H2,1-4H3,(H,16,17)(H,18,19)/t8?,9?,10-,11+/m0/s1. The Hall–Kier alpha value is -1.36. The van der Waals surface area contributed by atoms with Crippen LogP contribution in [0.3, 0.4) is 0 Å². The maximum atomic E-state index is 12.5. The quantitative estimate of drug-likeness (QED) is 0.675. The lowest BCUT2D eigenvalue weighted by Gasteiger charge is -2.39. The molecular formula is C15H23NO4. The molecule has 2 aliphatic carbocycles. The van der Waals surface area contributed by atoms with Crippen molar-refractivity contribution in [1.82, 2.24) is 5.32 Å². The second-order valence-electron chi connectivity index (χ2n) is 7.01. The average Bonchev–Trinajstić information content (AvgIpc) is 2.85. The zero-order valence-corrected chi connectivity index (χ0v) is 12.4. The first-order valence-corrected chi connectivity index (χ1v) is 7.00. The van der Waals surface area contributed by atoms with E-state index in [1.54, 1.807) is 27.7 Å². The van der Waals surface area contributed by atoms with Crippen molar-refractivity contribution in [2.24, 2.45) is 23.7 Å². The monoisotopic (exact) mass is 281 g/mol. The molecule has 20 heavy (non-hydrogen) atoms. The van der Waals surface area contributed by atoms with E-state index in [1.807, 2.05) is 12.2 Å². The summed E-state index contributed by atoms with van der Waals surface area (Å²) < 4.78 is 0. The first-order valence-electron chi connectivity index (χ1n) is 7.00. The highest BCUT2D eigenvalue weighted by atomic mass is 16.4. The van der Waals surface area contributed by atoms with Crippen LogP contribution in [0.25, 0.3) is 0 Å². The molecule has 0 aromatic carbocycles. The fraction of sp³-hybridized carbons (Fsp3) is 0.733. The third-order valence-corrected chi connectivity index (χ3v) is 5.01. The van der Waals surface area contributed by atoms with Crippen molar-refractivity contribution in [2.45, 2.75) is 45.3 Å². The molecule has 2 aliphatic rings. The number of aliphatic hydroxyl groups is 1. The summed E-state index contributed by atoms with van der Waals surface area (Å²) in [6.07, 6.45) is 4.60. The van der Waals surface area contributed by atoms with E-state index >= 15 is 0 Å². The summed E-state index contributed by atoms with van der Waals surface area (Å²) in [6.45, 7) is 6.73. The number of hydrogen-bond donors (Lipinski definition) is 3. The SMILES string of the molecule is CC(C)(O)C(C)(C)NC(=O)[C@H]1C2C=CC(C2)[C@H]1C(=O)O.